The van der Waals surface area contributed by atoms with Crippen LogP contribution in [0.4, 0.5) is 4.39 Å². The Morgan fingerprint density at radius 2 is 1.88 bits per heavy atom. The topological polar surface area (TPSA) is 44.4 Å². The quantitative estimate of drug-likeness (QED) is 0.827. The molecule has 3 rings (SSSR count). The summed E-state index contributed by atoms with van der Waals surface area (Å²) in [7, 11) is 0. The van der Waals surface area contributed by atoms with Crippen molar-refractivity contribution < 1.29 is 9.18 Å². The highest BCUT2D eigenvalue weighted by atomic mass is 35.5. The molecule has 2 saturated heterocycles. The van der Waals surface area contributed by atoms with Gasteiger partial charge >= 0.3 is 0 Å². The molecule has 1 amide bonds. The number of alkyl halides is 1. The van der Waals surface area contributed by atoms with Crippen LogP contribution in [0.2, 0.25) is 0 Å². The van der Waals surface area contributed by atoms with E-state index < -0.39 is 6.17 Å². The summed E-state index contributed by atoms with van der Waals surface area (Å²) in [5.41, 5.74) is 2.42. The number of rotatable bonds is 5. The van der Waals surface area contributed by atoms with Gasteiger partial charge in [0, 0.05) is 26.1 Å². The Bertz CT molecular complexity index is 526. The van der Waals surface area contributed by atoms with E-state index in [0.717, 1.165) is 25.2 Å². The molecule has 2 aliphatic rings. The van der Waals surface area contributed by atoms with Crippen molar-refractivity contribution in [2.24, 2.45) is 0 Å². The lowest BCUT2D eigenvalue weighted by molar-refractivity contribution is -0.123. The van der Waals surface area contributed by atoms with Gasteiger partial charge in [-0.2, -0.15) is 0 Å². The van der Waals surface area contributed by atoms with Gasteiger partial charge in [-0.15, -0.1) is 24.8 Å². The van der Waals surface area contributed by atoms with Crippen LogP contribution in [0.3, 0.4) is 0 Å². The van der Waals surface area contributed by atoms with Crippen LogP contribution in [-0.2, 0) is 17.9 Å². The number of nitrogens with one attached hydrogen (secondary N) is 2. The summed E-state index contributed by atoms with van der Waals surface area (Å²) >= 11 is 0. The second-order valence-corrected chi connectivity index (χ2v) is 6.26. The van der Waals surface area contributed by atoms with E-state index in [9.17, 15) is 9.18 Å². The third-order valence-corrected chi connectivity index (χ3v) is 4.56. The second kappa shape index (κ2) is 10.2. The van der Waals surface area contributed by atoms with Gasteiger partial charge in [-0.3, -0.25) is 9.69 Å². The predicted octanol–water partition coefficient (Wildman–Crippen LogP) is 2.44. The molecule has 1 aromatic carbocycles. The summed E-state index contributed by atoms with van der Waals surface area (Å²) in [5.74, 6) is -0.101. The molecule has 2 N–H and O–H groups in total. The van der Waals surface area contributed by atoms with Gasteiger partial charge in [-0.25, -0.2) is 4.39 Å². The molecule has 1 aromatic rings. The van der Waals surface area contributed by atoms with Crippen molar-refractivity contribution in [1.82, 2.24) is 15.5 Å². The molecule has 0 aliphatic carbocycles. The summed E-state index contributed by atoms with van der Waals surface area (Å²) in [6, 6.07) is 7.85. The van der Waals surface area contributed by atoms with Gasteiger partial charge in [0.2, 0.25) is 5.91 Å². The van der Waals surface area contributed by atoms with Crippen molar-refractivity contribution in [2.75, 3.05) is 19.6 Å². The van der Waals surface area contributed by atoms with Crippen LogP contribution >= 0.6 is 24.8 Å². The fourth-order valence-electron chi connectivity index (χ4n) is 3.26. The lowest BCUT2D eigenvalue weighted by Gasteiger charge is -2.18. The molecule has 7 heteroatoms. The van der Waals surface area contributed by atoms with Crippen LogP contribution in [0.15, 0.2) is 24.3 Å². The Labute approximate surface area is 155 Å². The van der Waals surface area contributed by atoms with Gasteiger partial charge in [0.25, 0.3) is 0 Å². The lowest BCUT2D eigenvalue weighted by Crippen LogP contribution is -2.40. The Morgan fingerprint density at radius 1 is 1.21 bits per heavy atom. The second-order valence-electron chi connectivity index (χ2n) is 6.26. The van der Waals surface area contributed by atoms with Crippen LogP contribution in [0.5, 0.6) is 0 Å². The van der Waals surface area contributed by atoms with E-state index in [1.165, 1.54) is 18.4 Å². The summed E-state index contributed by atoms with van der Waals surface area (Å²) in [6.07, 6.45) is 1.92. The normalized spacial score (nSPS) is 23.4. The summed E-state index contributed by atoms with van der Waals surface area (Å²) in [4.78, 5) is 14.5. The van der Waals surface area contributed by atoms with Crippen LogP contribution in [0.1, 0.15) is 30.4 Å². The molecule has 0 unspecified atom stereocenters. The molecule has 0 aromatic heterocycles. The fourth-order valence-corrected chi connectivity index (χ4v) is 3.26. The van der Waals surface area contributed by atoms with Crippen molar-refractivity contribution in [1.29, 1.82) is 0 Å². The minimum Gasteiger partial charge on any atom is -0.351 e. The largest absolute Gasteiger partial charge is 0.351 e. The monoisotopic (exact) mass is 377 g/mol. The number of hydrogen-bond donors (Lipinski definition) is 2. The highest BCUT2D eigenvalue weighted by Crippen LogP contribution is 2.16. The van der Waals surface area contributed by atoms with Crippen LogP contribution in [-0.4, -0.2) is 42.7 Å². The van der Waals surface area contributed by atoms with E-state index in [4.69, 9.17) is 0 Å². The standard InChI is InChI=1S/C17H24FN3O.2ClH/c18-15-9-16(19-11-15)17(22)20-10-13-5-1-2-6-14(13)12-21-7-3-4-8-21;;/h1-2,5-6,15-16,19H,3-4,7-12H2,(H,20,22);2*1H/t15-,16+;;/m0../s1. The van der Waals surface area contributed by atoms with E-state index in [0.29, 0.717) is 6.54 Å². The molecule has 2 fully saturated rings. The summed E-state index contributed by atoms with van der Waals surface area (Å²) in [6.45, 7) is 4.05. The highest BCUT2D eigenvalue weighted by Gasteiger charge is 2.28. The first kappa shape index (κ1) is 21.2. The zero-order valence-corrected chi connectivity index (χ0v) is 15.3. The maximum Gasteiger partial charge on any atom is 0.237 e. The van der Waals surface area contributed by atoms with Crippen LogP contribution in [0.25, 0.3) is 0 Å². The highest BCUT2D eigenvalue weighted by molar-refractivity contribution is 5.85. The van der Waals surface area contributed by atoms with Crippen LogP contribution < -0.4 is 10.6 Å². The minimum atomic E-state index is -0.904. The number of amides is 1. The van der Waals surface area contributed by atoms with Gasteiger partial charge in [0.05, 0.1) is 6.04 Å². The molecular weight excluding hydrogens is 352 g/mol. The molecule has 136 valence electrons. The average molecular weight is 378 g/mol. The van der Waals surface area contributed by atoms with E-state index >= 15 is 0 Å². The molecule has 0 bridgehead atoms. The Morgan fingerprint density at radius 3 is 2.50 bits per heavy atom. The van der Waals surface area contributed by atoms with Crippen molar-refractivity contribution >= 4 is 30.7 Å². The molecule has 24 heavy (non-hydrogen) atoms. The maximum absolute atomic E-state index is 13.1. The third-order valence-electron chi connectivity index (χ3n) is 4.56. The molecular formula is C17H26Cl2FN3O. The fraction of sp³-hybridized carbons (Fsp3) is 0.588. The van der Waals surface area contributed by atoms with E-state index in [1.54, 1.807) is 0 Å². The Balaban J connectivity index is 0.00000144. The van der Waals surface area contributed by atoms with Gasteiger partial charge in [0.15, 0.2) is 0 Å². The van der Waals surface area contributed by atoms with Crippen molar-refractivity contribution in [3.05, 3.63) is 35.4 Å². The van der Waals surface area contributed by atoms with Crippen molar-refractivity contribution in [2.45, 2.75) is 44.6 Å². The van der Waals surface area contributed by atoms with Crippen LogP contribution in [0, 0.1) is 0 Å². The van der Waals surface area contributed by atoms with Gasteiger partial charge in [-0.05, 0) is 37.1 Å². The Hall–Kier alpha value is -0.880. The molecule has 0 saturated carbocycles. The van der Waals surface area contributed by atoms with E-state index in [2.05, 4.69) is 27.7 Å². The number of carbonyl (C=O) groups excluding carboxylic acids is 1. The molecule has 2 atom stereocenters. The number of benzene rings is 1. The molecule has 4 nitrogen and oxygen atoms in total. The first-order valence-electron chi connectivity index (χ1n) is 8.16. The van der Waals surface area contributed by atoms with E-state index in [-0.39, 0.29) is 49.7 Å². The summed E-state index contributed by atoms with van der Waals surface area (Å²) in [5, 5.41) is 5.86. The zero-order valence-electron chi connectivity index (χ0n) is 13.7. The first-order valence-corrected chi connectivity index (χ1v) is 8.16. The first-order chi connectivity index (χ1) is 10.7. The maximum atomic E-state index is 13.1. The van der Waals surface area contributed by atoms with Crippen molar-refractivity contribution in [3.63, 3.8) is 0 Å². The Kier molecular flexibility index (Phi) is 8.98. The van der Waals surface area contributed by atoms with Gasteiger partial charge < -0.3 is 10.6 Å². The number of halogens is 3. The summed E-state index contributed by atoms with van der Waals surface area (Å²) < 4.78 is 13.1. The average Bonchev–Trinajstić information content (AvgIpc) is 3.18. The molecule has 2 aliphatic heterocycles. The lowest BCUT2D eigenvalue weighted by atomic mass is 10.1. The van der Waals surface area contributed by atoms with E-state index in [1.807, 2.05) is 12.1 Å². The SMILES string of the molecule is Cl.Cl.O=C(NCc1ccccc1CN1CCCC1)[C@H]1C[C@H](F)CN1. The van der Waals surface area contributed by atoms with Gasteiger partial charge in [0.1, 0.15) is 6.17 Å². The number of hydrogen-bond acceptors (Lipinski definition) is 3. The van der Waals surface area contributed by atoms with Crippen molar-refractivity contribution in [3.8, 4) is 0 Å². The zero-order chi connectivity index (χ0) is 15.4. The number of carbonyl (C=O) groups is 1. The number of likely N-dealkylation sites (tertiary alicyclic amines) is 1. The van der Waals surface area contributed by atoms with Gasteiger partial charge in [-0.1, -0.05) is 24.3 Å². The third kappa shape index (κ3) is 5.59. The molecule has 0 spiro atoms. The number of nitrogens with zero attached hydrogens (tertiary/aromatic N) is 1. The molecule has 2 heterocycles. The smallest absolute Gasteiger partial charge is 0.237 e. The predicted molar refractivity (Wildman–Crippen MR) is 98.6 cm³/mol. The molecule has 0 radical (unpaired) electrons. The minimum absolute atomic E-state index is 0.